The minimum absolute atomic E-state index is 0.0531. The molecule has 2 aromatic carbocycles. The van der Waals surface area contributed by atoms with E-state index in [4.69, 9.17) is 0 Å². The molecule has 2 aromatic rings. The highest BCUT2D eigenvalue weighted by Crippen LogP contribution is 2.26. The number of likely N-dealkylation sites (N-methyl/N-ethyl adjacent to an activating group) is 1. The first-order valence-electron chi connectivity index (χ1n) is 13.0. The second-order valence-corrected chi connectivity index (χ2v) is 10.0. The van der Waals surface area contributed by atoms with Crippen LogP contribution >= 0.6 is 0 Å². The van der Waals surface area contributed by atoms with E-state index in [-0.39, 0.29) is 35.7 Å². The van der Waals surface area contributed by atoms with Crippen LogP contribution in [0, 0.1) is 5.82 Å². The molecule has 0 aliphatic carbocycles. The van der Waals surface area contributed by atoms with Gasteiger partial charge in [0.25, 0.3) is 5.91 Å². The van der Waals surface area contributed by atoms with Gasteiger partial charge in [0.1, 0.15) is 11.9 Å². The number of hydrogen-bond donors (Lipinski definition) is 4. The number of piperazine rings is 1. The first kappa shape index (κ1) is 28.3. The lowest BCUT2D eigenvalue weighted by Gasteiger charge is -2.34. The summed E-state index contributed by atoms with van der Waals surface area (Å²) in [7, 11) is 2.09. The highest BCUT2D eigenvalue weighted by Gasteiger charge is 2.34. The van der Waals surface area contributed by atoms with Crippen LogP contribution in [0.3, 0.4) is 0 Å². The molecule has 0 bridgehead atoms. The van der Waals surface area contributed by atoms with E-state index in [2.05, 4.69) is 23.4 Å². The molecular formula is C28H40FN5O3+2. The third-order valence-corrected chi connectivity index (χ3v) is 7.37. The van der Waals surface area contributed by atoms with Crippen molar-refractivity contribution in [3.8, 4) is 0 Å². The molecule has 1 fully saturated rings. The Balaban J connectivity index is 1.74. The highest BCUT2D eigenvalue weighted by atomic mass is 19.1. The van der Waals surface area contributed by atoms with Crippen molar-refractivity contribution in [3.63, 3.8) is 0 Å². The van der Waals surface area contributed by atoms with Crippen LogP contribution < -0.4 is 21.3 Å². The first-order valence-corrected chi connectivity index (χ1v) is 13.0. The van der Waals surface area contributed by atoms with Gasteiger partial charge in [0.15, 0.2) is 6.04 Å². The smallest absolute Gasteiger partial charge is 0.283 e. The Morgan fingerprint density at radius 2 is 1.68 bits per heavy atom. The molecule has 1 saturated heterocycles. The molecule has 0 unspecified atom stereocenters. The number of carbonyl (C=O) groups excluding carboxylic acids is 3. The number of anilines is 1. The van der Waals surface area contributed by atoms with Crippen LogP contribution in [0.5, 0.6) is 0 Å². The van der Waals surface area contributed by atoms with Crippen molar-refractivity contribution in [2.75, 3.05) is 38.5 Å². The lowest BCUT2D eigenvalue weighted by Crippen LogP contribution is -3.12. The van der Waals surface area contributed by atoms with Gasteiger partial charge < -0.3 is 26.2 Å². The minimum atomic E-state index is -0.804. The van der Waals surface area contributed by atoms with Crippen molar-refractivity contribution in [3.05, 3.63) is 65.5 Å². The Labute approximate surface area is 218 Å². The largest absolute Gasteiger partial charge is 0.347 e. The molecule has 200 valence electrons. The molecule has 0 spiro atoms. The number of quaternary nitrogens is 2. The van der Waals surface area contributed by atoms with Gasteiger partial charge in [0, 0.05) is 18.3 Å². The number of amides is 3. The summed E-state index contributed by atoms with van der Waals surface area (Å²) in [6.45, 7) is 8.36. The maximum absolute atomic E-state index is 15.1. The van der Waals surface area contributed by atoms with Gasteiger partial charge in [-0.2, -0.15) is 0 Å². The quantitative estimate of drug-likeness (QED) is 0.393. The van der Waals surface area contributed by atoms with Crippen molar-refractivity contribution in [1.29, 1.82) is 0 Å². The molecule has 0 radical (unpaired) electrons. The summed E-state index contributed by atoms with van der Waals surface area (Å²) < 4.78 is 15.1. The molecule has 37 heavy (non-hydrogen) atoms. The van der Waals surface area contributed by atoms with Crippen LogP contribution in [0.15, 0.2) is 48.5 Å². The topological polar surface area (TPSA) is 111 Å². The molecule has 8 nitrogen and oxygen atoms in total. The second kappa shape index (κ2) is 12.8. The molecule has 1 heterocycles. The van der Waals surface area contributed by atoms with Crippen molar-refractivity contribution in [2.45, 2.75) is 51.1 Å². The molecule has 3 rings (SSSR count). The lowest BCUT2D eigenvalue weighted by molar-refractivity contribution is -0.883. The predicted molar refractivity (Wildman–Crippen MR) is 140 cm³/mol. The SMILES string of the molecule is CCC(=O)N[C@@H](C(=O)N1CC[NH+](C)CC1)[C@@H](C)c1ccc(NC(=O)[C@@H]([NH3+])[C@@H](C)c2ccccc2)c(F)c1. The number of rotatable bonds is 9. The Kier molecular flexibility index (Phi) is 9.77. The molecule has 4 atom stereocenters. The minimum Gasteiger partial charge on any atom is -0.347 e. The summed E-state index contributed by atoms with van der Waals surface area (Å²) in [5, 5.41) is 5.50. The third-order valence-electron chi connectivity index (χ3n) is 7.37. The lowest BCUT2D eigenvalue weighted by atomic mass is 9.91. The summed E-state index contributed by atoms with van der Waals surface area (Å²) in [4.78, 5) is 41.6. The van der Waals surface area contributed by atoms with Crippen LogP contribution in [0.4, 0.5) is 10.1 Å². The monoisotopic (exact) mass is 513 g/mol. The van der Waals surface area contributed by atoms with Crippen LogP contribution in [-0.2, 0) is 14.4 Å². The van der Waals surface area contributed by atoms with Gasteiger partial charge in [-0.05, 0) is 23.3 Å². The van der Waals surface area contributed by atoms with E-state index in [1.54, 1.807) is 24.8 Å². The predicted octanol–water partition coefficient (Wildman–Crippen LogP) is 0.534. The van der Waals surface area contributed by atoms with E-state index in [0.29, 0.717) is 18.7 Å². The molecule has 1 aliphatic heterocycles. The number of benzene rings is 2. The maximum atomic E-state index is 15.1. The molecule has 6 N–H and O–H groups in total. The van der Waals surface area contributed by atoms with Crippen molar-refractivity contribution < 1.29 is 29.4 Å². The van der Waals surface area contributed by atoms with Crippen LogP contribution in [0.2, 0.25) is 0 Å². The normalized spacial score (nSPS) is 17.4. The molecule has 0 saturated carbocycles. The van der Waals surface area contributed by atoms with Gasteiger partial charge in [0.05, 0.1) is 38.9 Å². The van der Waals surface area contributed by atoms with E-state index in [1.165, 1.54) is 17.0 Å². The van der Waals surface area contributed by atoms with Crippen LogP contribution in [0.1, 0.15) is 50.2 Å². The molecule has 3 amide bonds. The van der Waals surface area contributed by atoms with Gasteiger partial charge in [-0.3, -0.25) is 14.4 Å². The zero-order valence-corrected chi connectivity index (χ0v) is 22.2. The van der Waals surface area contributed by atoms with Gasteiger partial charge in [-0.25, -0.2) is 4.39 Å². The van der Waals surface area contributed by atoms with Crippen molar-refractivity contribution >= 4 is 23.4 Å². The molecule has 9 heteroatoms. The average Bonchev–Trinajstić information content (AvgIpc) is 2.91. The summed E-state index contributed by atoms with van der Waals surface area (Å²) in [6, 6.07) is 12.7. The summed E-state index contributed by atoms with van der Waals surface area (Å²) in [5.41, 5.74) is 5.59. The Bertz CT molecular complexity index is 1090. The maximum Gasteiger partial charge on any atom is 0.283 e. The van der Waals surface area contributed by atoms with Gasteiger partial charge in [0.2, 0.25) is 11.8 Å². The van der Waals surface area contributed by atoms with E-state index >= 15 is 4.39 Å². The first-order chi connectivity index (χ1) is 17.6. The second-order valence-electron chi connectivity index (χ2n) is 10.0. The summed E-state index contributed by atoms with van der Waals surface area (Å²) >= 11 is 0. The zero-order chi connectivity index (χ0) is 27.1. The van der Waals surface area contributed by atoms with Gasteiger partial charge in [-0.1, -0.05) is 57.2 Å². The number of hydrogen-bond acceptors (Lipinski definition) is 3. The van der Waals surface area contributed by atoms with Crippen molar-refractivity contribution in [1.82, 2.24) is 10.2 Å². The molecule has 0 aromatic heterocycles. The van der Waals surface area contributed by atoms with Gasteiger partial charge >= 0.3 is 0 Å². The van der Waals surface area contributed by atoms with E-state index in [9.17, 15) is 14.4 Å². The average molecular weight is 514 g/mol. The molecule has 1 aliphatic rings. The number of nitrogens with one attached hydrogen (secondary N) is 3. The number of nitrogens with zero attached hydrogens (tertiary/aromatic N) is 1. The van der Waals surface area contributed by atoms with E-state index < -0.39 is 23.8 Å². The summed E-state index contributed by atoms with van der Waals surface area (Å²) in [5.74, 6) is -1.98. The standard InChI is InChI=1S/C28H38FN5O3/c1-5-24(35)32-26(28(37)34-15-13-33(4)14-16-34)19(3)21-11-12-23(22(29)17-21)31-27(36)25(30)18(2)20-9-7-6-8-10-20/h6-12,17-19,25-26H,5,13-16,30H2,1-4H3,(H,31,36)(H,32,35)/p+2/t18-,19-,25-,26+/m0/s1. The van der Waals surface area contributed by atoms with Crippen LogP contribution in [0.25, 0.3) is 0 Å². The Morgan fingerprint density at radius 1 is 1.03 bits per heavy atom. The van der Waals surface area contributed by atoms with E-state index in [0.717, 1.165) is 18.7 Å². The van der Waals surface area contributed by atoms with E-state index in [1.807, 2.05) is 37.3 Å². The highest BCUT2D eigenvalue weighted by molar-refractivity contribution is 5.94. The third kappa shape index (κ3) is 7.14. The van der Waals surface area contributed by atoms with Crippen LogP contribution in [-0.4, -0.2) is 67.9 Å². The zero-order valence-electron chi connectivity index (χ0n) is 22.2. The van der Waals surface area contributed by atoms with Gasteiger partial charge in [-0.15, -0.1) is 0 Å². The Morgan fingerprint density at radius 3 is 2.27 bits per heavy atom. The van der Waals surface area contributed by atoms with Crippen molar-refractivity contribution in [2.24, 2.45) is 0 Å². The molecular weight excluding hydrogens is 473 g/mol. The fraction of sp³-hybridized carbons (Fsp3) is 0.464. The fourth-order valence-corrected chi connectivity index (χ4v) is 4.53. The fourth-order valence-electron chi connectivity index (χ4n) is 4.53. The summed E-state index contributed by atoms with van der Waals surface area (Å²) in [6.07, 6.45) is 0.246. The number of halogens is 1. The Hall–Kier alpha value is -3.30. The number of carbonyl (C=O) groups is 3.